The molecule has 2 aromatic rings. The maximum Gasteiger partial charge on any atom is 0.263 e. The van der Waals surface area contributed by atoms with E-state index in [0.717, 1.165) is 25.7 Å². The first kappa shape index (κ1) is 24.1. The van der Waals surface area contributed by atoms with Crippen molar-refractivity contribution in [3.63, 3.8) is 0 Å². The van der Waals surface area contributed by atoms with Crippen LogP contribution in [0.4, 0.5) is 0 Å². The van der Waals surface area contributed by atoms with Crippen LogP contribution in [0.2, 0.25) is 5.02 Å². The van der Waals surface area contributed by atoms with Gasteiger partial charge in [-0.15, -0.1) is 0 Å². The molecule has 178 valence electrons. The van der Waals surface area contributed by atoms with E-state index in [1.807, 2.05) is 26.0 Å². The first-order chi connectivity index (χ1) is 15.8. The minimum Gasteiger partial charge on any atom is -0.373 e. The van der Waals surface area contributed by atoms with Gasteiger partial charge in [0.25, 0.3) is 5.91 Å². The predicted octanol–water partition coefficient (Wildman–Crippen LogP) is 3.86. The molecule has 1 aromatic heterocycles. The molecule has 2 unspecified atom stereocenters. The summed E-state index contributed by atoms with van der Waals surface area (Å²) in [4.78, 5) is 18.2. The highest BCUT2D eigenvalue weighted by Gasteiger charge is 2.34. The van der Waals surface area contributed by atoms with E-state index < -0.39 is 10.0 Å². The van der Waals surface area contributed by atoms with E-state index in [4.69, 9.17) is 21.3 Å². The highest BCUT2D eigenvalue weighted by atomic mass is 35.5. The zero-order valence-corrected chi connectivity index (χ0v) is 20.6. The fourth-order valence-corrected chi connectivity index (χ4v) is 6.64. The fourth-order valence-electron chi connectivity index (χ4n) is 4.55. The van der Waals surface area contributed by atoms with Gasteiger partial charge in [-0.05, 0) is 57.0 Å². The number of aromatic nitrogens is 1. The molecule has 7 nitrogen and oxygen atoms in total. The first-order valence-electron chi connectivity index (χ1n) is 11.5. The van der Waals surface area contributed by atoms with Crippen molar-refractivity contribution in [2.75, 3.05) is 13.1 Å². The molecule has 1 aliphatic carbocycles. The first-order valence-corrected chi connectivity index (χ1v) is 13.3. The molecule has 2 aliphatic rings. The lowest BCUT2D eigenvalue weighted by Crippen LogP contribution is -2.48. The Bertz CT molecular complexity index is 1180. The molecule has 2 atom stereocenters. The van der Waals surface area contributed by atoms with Crippen LogP contribution in [0.25, 0.3) is 0 Å². The monoisotopic (exact) mass is 491 g/mol. The summed E-state index contributed by atoms with van der Waals surface area (Å²) in [6.45, 7) is 4.14. The lowest BCUT2D eigenvalue weighted by Gasteiger charge is -2.34. The predicted molar refractivity (Wildman–Crippen MR) is 127 cm³/mol. The highest BCUT2D eigenvalue weighted by molar-refractivity contribution is 7.89. The van der Waals surface area contributed by atoms with Crippen molar-refractivity contribution in [1.29, 1.82) is 0 Å². The van der Waals surface area contributed by atoms with Crippen molar-refractivity contribution in [2.45, 2.75) is 69.1 Å². The van der Waals surface area contributed by atoms with Gasteiger partial charge in [-0.25, -0.2) is 8.42 Å². The van der Waals surface area contributed by atoms with Gasteiger partial charge in [0.2, 0.25) is 10.0 Å². The summed E-state index contributed by atoms with van der Waals surface area (Å²) in [6.07, 6.45) is 6.76. The molecule has 1 saturated heterocycles. The number of halogens is 1. The van der Waals surface area contributed by atoms with Gasteiger partial charge < -0.3 is 4.74 Å². The van der Waals surface area contributed by atoms with Gasteiger partial charge in [-0.3, -0.25) is 14.4 Å². The number of carbonyl (C=O) groups is 1. The Balaban J connectivity index is 1.69. The summed E-state index contributed by atoms with van der Waals surface area (Å²) in [5.41, 5.74) is 0.813. The molecular formula is C24H30ClN3O4S. The molecule has 0 spiro atoms. The van der Waals surface area contributed by atoms with E-state index in [9.17, 15) is 13.2 Å². The van der Waals surface area contributed by atoms with Crippen molar-refractivity contribution in [3.8, 4) is 0 Å². The van der Waals surface area contributed by atoms with Gasteiger partial charge in [-0.1, -0.05) is 36.9 Å². The van der Waals surface area contributed by atoms with Crippen LogP contribution in [0.3, 0.4) is 0 Å². The quantitative estimate of drug-likeness (QED) is 0.650. The van der Waals surface area contributed by atoms with E-state index >= 15 is 0 Å². The van der Waals surface area contributed by atoms with Crippen molar-refractivity contribution in [3.05, 3.63) is 58.7 Å². The summed E-state index contributed by atoms with van der Waals surface area (Å²) in [5.74, 6) is -0.345. The van der Waals surface area contributed by atoms with E-state index in [1.165, 1.54) is 27.4 Å². The molecule has 0 bridgehead atoms. The Labute approximate surface area is 200 Å². The second kappa shape index (κ2) is 10.1. The van der Waals surface area contributed by atoms with Crippen LogP contribution in [0.5, 0.6) is 0 Å². The smallest absolute Gasteiger partial charge is 0.263 e. The van der Waals surface area contributed by atoms with Gasteiger partial charge >= 0.3 is 0 Å². The highest BCUT2D eigenvalue weighted by Crippen LogP contribution is 2.28. The van der Waals surface area contributed by atoms with E-state index in [2.05, 4.69) is 0 Å². The second-order valence-corrected chi connectivity index (χ2v) is 11.2. The largest absolute Gasteiger partial charge is 0.373 e. The van der Waals surface area contributed by atoms with Crippen LogP contribution in [-0.2, 0) is 14.8 Å². The number of morpholine rings is 1. The Morgan fingerprint density at radius 3 is 2.45 bits per heavy atom. The molecule has 4 rings (SSSR count). The number of nitrogens with zero attached hydrogens (tertiary/aromatic N) is 3. The number of carbonyl (C=O) groups excluding carboxylic acids is 1. The molecule has 2 fully saturated rings. The molecule has 0 amide bonds. The third-order valence-electron chi connectivity index (χ3n) is 6.13. The zero-order chi connectivity index (χ0) is 23.6. The molecule has 0 radical (unpaired) electrons. The minimum absolute atomic E-state index is 0.0707. The Morgan fingerprint density at radius 2 is 1.76 bits per heavy atom. The van der Waals surface area contributed by atoms with Crippen molar-refractivity contribution >= 4 is 27.5 Å². The number of benzene rings is 1. The average Bonchev–Trinajstić information content (AvgIpc) is 2.79. The molecule has 1 aromatic carbocycles. The normalized spacial score (nSPS) is 23.5. The standard InChI is InChI=1S/C24H30ClN3O4S/c1-17-15-27(16-18(2)32-17)33(30,31)22-14-19(11-12-21(22)25)24(29)28-13-7-6-10-23(28)26-20-8-4-3-5-9-20/h6-7,10-14,17-18,20H,3-5,8-9,15-16H2,1-2H3. The topological polar surface area (TPSA) is 81.0 Å². The van der Waals surface area contributed by atoms with Gasteiger partial charge in [-0.2, -0.15) is 4.31 Å². The number of rotatable bonds is 4. The molecular weight excluding hydrogens is 462 g/mol. The lowest BCUT2D eigenvalue weighted by molar-refractivity contribution is -0.0440. The maximum absolute atomic E-state index is 13.4. The second-order valence-electron chi connectivity index (χ2n) is 8.88. The summed E-state index contributed by atoms with van der Waals surface area (Å²) >= 11 is 6.31. The number of sulfonamides is 1. The van der Waals surface area contributed by atoms with Crippen LogP contribution in [0.1, 0.15) is 56.3 Å². The Morgan fingerprint density at radius 1 is 1.06 bits per heavy atom. The Hall–Kier alpha value is -2.00. The van der Waals surface area contributed by atoms with E-state index in [1.54, 1.807) is 18.3 Å². The molecule has 2 heterocycles. The van der Waals surface area contributed by atoms with Crippen molar-refractivity contribution in [1.82, 2.24) is 8.87 Å². The SMILES string of the molecule is CC1CN(S(=O)(=O)c2cc(C(=O)n3ccccc3=NC3CCCCC3)ccc2Cl)CC(C)O1. The van der Waals surface area contributed by atoms with Gasteiger partial charge in [0.05, 0.1) is 23.3 Å². The summed E-state index contributed by atoms with van der Waals surface area (Å²) < 4.78 is 35.3. The van der Waals surface area contributed by atoms with Gasteiger partial charge in [0.1, 0.15) is 10.4 Å². The number of pyridine rings is 1. The molecule has 1 saturated carbocycles. The van der Waals surface area contributed by atoms with Crippen molar-refractivity contribution in [2.24, 2.45) is 4.99 Å². The van der Waals surface area contributed by atoms with Crippen LogP contribution < -0.4 is 5.49 Å². The average molecular weight is 492 g/mol. The summed E-state index contributed by atoms with van der Waals surface area (Å²) in [6, 6.07) is 10.0. The number of hydrogen-bond donors (Lipinski definition) is 0. The van der Waals surface area contributed by atoms with E-state index in [-0.39, 0.29) is 52.7 Å². The van der Waals surface area contributed by atoms with E-state index in [0.29, 0.717) is 5.49 Å². The fraction of sp³-hybridized carbons (Fsp3) is 0.500. The third-order valence-corrected chi connectivity index (χ3v) is 8.44. The van der Waals surface area contributed by atoms with Gasteiger partial charge in [0.15, 0.2) is 0 Å². The molecule has 33 heavy (non-hydrogen) atoms. The van der Waals surface area contributed by atoms with Crippen LogP contribution in [-0.4, -0.2) is 54.5 Å². The van der Waals surface area contributed by atoms with Gasteiger partial charge in [0, 0.05) is 24.8 Å². The van der Waals surface area contributed by atoms with Crippen LogP contribution in [0.15, 0.2) is 52.5 Å². The van der Waals surface area contributed by atoms with Crippen LogP contribution >= 0.6 is 11.6 Å². The Kier molecular flexibility index (Phi) is 7.38. The number of ether oxygens (including phenoxy) is 1. The zero-order valence-electron chi connectivity index (χ0n) is 19.0. The van der Waals surface area contributed by atoms with Crippen LogP contribution in [0, 0.1) is 0 Å². The summed E-state index contributed by atoms with van der Waals surface area (Å²) in [7, 11) is -3.89. The maximum atomic E-state index is 13.4. The van der Waals surface area contributed by atoms with Crippen molar-refractivity contribution < 1.29 is 17.9 Å². The molecule has 1 aliphatic heterocycles. The minimum atomic E-state index is -3.89. The number of hydrogen-bond acceptors (Lipinski definition) is 5. The summed E-state index contributed by atoms with van der Waals surface area (Å²) in [5, 5.41) is 0.0866. The lowest BCUT2D eigenvalue weighted by atomic mass is 9.96. The molecule has 9 heteroatoms. The molecule has 0 N–H and O–H groups in total. The third kappa shape index (κ3) is 5.40.